The fourth-order valence-electron chi connectivity index (χ4n) is 4.71. The second-order valence-corrected chi connectivity index (χ2v) is 8.24. The average Bonchev–Trinajstić information content (AvgIpc) is 3.39. The van der Waals surface area contributed by atoms with Crippen molar-refractivity contribution in [1.29, 1.82) is 0 Å². The van der Waals surface area contributed by atoms with Crippen LogP contribution in [0, 0.1) is 13.8 Å². The van der Waals surface area contributed by atoms with Crippen LogP contribution in [0.5, 0.6) is 11.5 Å². The molecule has 6 rings (SSSR count). The van der Waals surface area contributed by atoms with E-state index < -0.39 is 0 Å². The number of amides is 1. The fourth-order valence-corrected chi connectivity index (χ4v) is 4.71. The number of benzene rings is 2. The van der Waals surface area contributed by atoms with E-state index in [2.05, 4.69) is 29.8 Å². The van der Waals surface area contributed by atoms with E-state index in [0.717, 1.165) is 58.2 Å². The van der Waals surface area contributed by atoms with Crippen molar-refractivity contribution in [3.05, 3.63) is 71.0 Å². The third-order valence-electron chi connectivity index (χ3n) is 6.28. The lowest BCUT2D eigenvalue weighted by Gasteiger charge is -2.38. The molecule has 1 fully saturated rings. The van der Waals surface area contributed by atoms with E-state index in [0.29, 0.717) is 6.04 Å². The van der Waals surface area contributed by atoms with Crippen molar-refractivity contribution < 1.29 is 14.3 Å². The Morgan fingerprint density at radius 2 is 1.80 bits per heavy atom. The monoisotopic (exact) mass is 401 g/mol. The highest BCUT2D eigenvalue weighted by molar-refractivity contribution is 6.02. The zero-order valence-electron chi connectivity index (χ0n) is 17.0. The van der Waals surface area contributed by atoms with E-state index in [1.165, 1.54) is 0 Å². The summed E-state index contributed by atoms with van der Waals surface area (Å²) < 4.78 is 13.2. The number of hydrogen-bond donors (Lipinski definition) is 1. The van der Waals surface area contributed by atoms with Crippen molar-refractivity contribution in [3.8, 4) is 17.2 Å². The van der Waals surface area contributed by atoms with Gasteiger partial charge in [-0.05, 0) is 57.0 Å². The van der Waals surface area contributed by atoms with Crippen LogP contribution in [0.2, 0.25) is 0 Å². The molecule has 2 aromatic carbocycles. The Bertz CT molecular complexity index is 1180. The van der Waals surface area contributed by atoms with Crippen molar-refractivity contribution in [2.75, 3.05) is 12.1 Å². The smallest absolute Gasteiger partial charge is 0.258 e. The maximum atomic E-state index is 13.3. The average molecular weight is 401 g/mol. The van der Waals surface area contributed by atoms with Gasteiger partial charge in [0.2, 0.25) is 6.79 Å². The Kier molecular flexibility index (Phi) is 3.66. The second kappa shape index (κ2) is 6.29. The lowest BCUT2D eigenvalue weighted by atomic mass is 10.0. The van der Waals surface area contributed by atoms with Crippen LogP contribution in [0.15, 0.2) is 48.5 Å². The Morgan fingerprint density at radius 3 is 2.63 bits per heavy atom. The zero-order chi connectivity index (χ0) is 20.4. The van der Waals surface area contributed by atoms with Gasteiger partial charge in [0.05, 0.1) is 5.56 Å². The standard InChI is InChI=1S/C24H23N3O3/c1-14-11-19(15(2)26(14)17-9-10-21-22(12-17)30-13-29-21)23-25-20-6-4-3-5-18(20)24(28)27(23)16-7-8-16/h3-6,9-12,16,23,25H,7-8,13H2,1-2H3/t23-/m1/s1. The number of ether oxygens (including phenoxy) is 2. The Hall–Kier alpha value is -3.41. The summed E-state index contributed by atoms with van der Waals surface area (Å²) in [5.41, 5.74) is 6.04. The van der Waals surface area contributed by atoms with E-state index in [1.807, 2.05) is 47.4 Å². The lowest BCUT2D eigenvalue weighted by Crippen LogP contribution is -2.44. The summed E-state index contributed by atoms with van der Waals surface area (Å²) in [4.78, 5) is 15.4. The van der Waals surface area contributed by atoms with Crippen molar-refractivity contribution >= 4 is 11.6 Å². The summed E-state index contributed by atoms with van der Waals surface area (Å²) in [5.74, 6) is 1.66. The van der Waals surface area contributed by atoms with E-state index in [1.54, 1.807) is 0 Å². The molecule has 6 heteroatoms. The van der Waals surface area contributed by atoms with Crippen molar-refractivity contribution in [3.63, 3.8) is 0 Å². The Morgan fingerprint density at radius 1 is 1.00 bits per heavy atom. The molecule has 0 spiro atoms. The number of carbonyl (C=O) groups is 1. The molecule has 6 nitrogen and oxygen atoms in total. The van der Waals surface area contributed by atoms with Crippen LogP contribution in [-0.2, 0) is 0 Å². The molecule has 152 valence electrons. The first-order valence-electron chi connectivity index (χ1n) is 10.4. The molecule has 0 unspecified atom stereocenters. The number of nitrogens with zero attached hydrogens (tertiary/aromatic N) is 2. The van der Waals surface area contributed by atoms with Crippen LogP contribution in [0.1, 0.15) is 46.3 Å². The van der Waals surface area contributed by atoms with Crippen LogP contribution in [0.3, 0.4) is 0 Å². The van der Waals surface area contributed by atoms with Crippen LogP contribution < -0.4 is 14.8 Å². The summed E-state index contributed by atoms with van der Waals surface area (Å²) in [5, 5.41) is 3.64. The molecule has 3 heterocycles. The van der Waals surface area contributed by atoms with Gasteiger partial charge in [0.25, 0.3) is 5.91 Å². The largest absolute Gasteiger partial charge is 0.454 e. The Balaban J connectivity index is 1.45. The minimum Gasteiger partial charge on any atom is -0.454 e. The van der Waals surface area contributed by atoms with E-state index in [4.69, 9.17) is 9.47 Å². The van der Waals surface area contributed by atoms with Crippen LogP contribution in [-0.4, -0.2) is 28.2 Å². The molecule has 3 aliphatic rings. The third kappa shape index (κ3) is 2.53. The van der Waals surface area contributed by atoms with Crippen LogP contribution >= 0.6 is 0 Å². The molecule has 2 aliphatic heterocycles. The van der Waals surface area contributed by atoms with Crippen molar-refractivity contribution in [2.24, 2.45) is 0 Å². The number of hydrogen-bond acceptors (Lipinski definition) is 4. The molecule has 1 aromatic heterocycles. The van der Waals surface area contributed by atoms with Gasteiger partial charge in [-0.25, -0.2) is 0 Å². The summed E-state index contributed by atoms with van der Waals surface area (Å²) in [7, 11) is 0. The van der Waals surface area contributed by atoms with Gasteiger partial charge in [-0.3, -0.25) is 4.79 Å². The number of fused-ring (bicyclic) bond motifs is 2. The predicted molar refractivity (Wildman–Crippen MR) is 113 cm³/mol. The van der Waals surface area contributed by atoms with Crippen molar-refractivity contribution in [1.82, 2.24) is 9.47 Å². The first-order chi connectivity index (χ1) is 14.6. The first kappa shape index (κ1) is 17.4. The molecular formula is C24H23N3O3. The van der Waals surface area contributed by atoms with Gasteiger partial charge < -0.3 is 24.3 Å². The summed E-state index contributed by atoms with van der Waals surface area (Å²) in [6.07, 6.45) is 1.95. The van der Waals surface area contributed by atoms with Crippen molar-refractivity contribution in [2.45, 2.75) is 38.9 Å². The minimum absolute atomic E-state index is 0.115. The summed E-state index contributed by atoms with van der Waals surface area (Å²) >= 11 is 0. The zero-order valence-corrected chi connectivity index (χ0v) is 17.0. The van der Waals surface area contributed by atoms with Gasteiger partial charge in [0.15, 0.2) is 11.5 Å². The highest BCUT2D eigenvalue weighted by Crippen LogP contribution is 2.43. The molecule has 1 atom stereocenters. The molecule has 1 N–H and O–H groups in total. The normalized spacial score (nSPS) is 19.6. The number of anilines is 1. The summed E-state index contributed by atoms with van der Waals surface area (Å²) in [6, 6.07) is 16.3. The first-order valence-corrected chi connectivity index (χ1v) is 10.4. The highest BCUT2D eigenvalue weighted by Gasteiger charge is 2.43. The van der Waals surface area contributed by atoms with E-state index in [9.17, 15) is 4.79 Å². The van der Waals surface area contributed by atoms with Crippen LogP contribution in [0.25, 0.3) is 5.69 Å². The number of nitrogens with one attached hydrogen (secondary N) is 1. The third-order valence-corrected chi connectivity index (χ3v) is 6.28. The Labute approximate surface area is 175 Å². The number of para-hydroxylation sites is 1. The minimum atomic E-state index is -0.172. The molecule has 1 amide bonds. The SMILES string of the molecule is Cc1cc([C@@H]2Nc3ccccc3C(=O)N2C2CC2)c(C)n1-c1ccc2c(c1)OCO2. The maximum absolute atomic E-state index is 13.3. The number of aryl methyl sites for hydroxylation is 1. The van der Waals surface area contributed by atoms with E-state index in [-0.39, 0.29) is 18.9 Å². The molecule has 1 aliphatic carbocycles. The molecule has 30 heavy (non-hydrogen) atoms. The van der Waals surface area contributed by atoms with Gasteiger partial charge in [-0.15, -0.1) is 0 Å². The molecule has 0 radical (unpaired) electrons. The quantitative estimate of drug-likeness (QED) is 0.700. The molecule has 3 aromatic rings. The van der Waals surface area contributed by atoms with E-state index >= 15 is 0 Å². The van der Waals surface area contributed by atoms with Gasteiger partial charge in [-0.1, -0.05) is 12.1 Å². The van der Waals surface area contributed by atoms with Gasteiger partial charge >= 0.3 is 0 Å². The maximum Gasteiger partial charge on any atom is 0.258 e. The van der Waals surface area contributed by atoms with Crippen LogP contribution in [0.4, 0.5) is 5.69 Å². The van der Waals surface area contributed by atoms with Gasteiger partial charge in [-0.2, -0.15) is 0 Å². The lowest BCUT2D eigenvalue weighted by molar-refractivity contribution is 0.0666. The molecule has 1 saturated carbocycles. The molecule has 0 saturated heterocycles. The fraction of sp³-hybridized carbons (Fsp3) is 0.292. The predicted octanol–water partition coefficient (Wildman–Crippen LogP) is 4.55. The molecular weight excluding hydrogens is 378 g/mol. The van der Waals surface area contributed by atoms with Gasteiger partial charge in [0, 0.05) is 40.4 Å². The summed E-state index contributed by atoms with van der Waals surface area (Å²) in [6.45, 7) is 4.48. The number of aromatic nitrogens is 1. The second-order valence-electron chi connectivity index (χ2n) is 8.24. The number of carbonyl (C=O) groups excluding carboxylic acids is 1. The number of rotatable bonds is 3. The molecule has 0 bridgehead atoms. The van der Waals surface area contributed by atoms with Gasteiger partial charge in [0.1, 0.15) is 6.17 Å². The highest BCUT2D eigenvalue weighted by atomic mass is 16.7. The topological polar surface area (TPSA) is 55.7 Å².